The summed E-state index contributed by atoms with van der Waals surface area (Å²) in [4.78, 5) is 0. The van der Waals surface area contributed by atoms with E-state index in [0.717, 1.165) is 0 Å². The van der Waals surface area contributed by atoms with Gasteiger partial charge in [-0.2, -0.15) is 12.3 Å². The molecular weight excluding hydrogens is 185 g/mol. The molecule has 0 heterocycles. The van der Waals surface area contributed by atoms with Crippen LogP contribution < -0.4 is 0 Å². The van der Waals surface area contributed by atoms with Crippen molar-refractivity contribution in [3.63, 3.8) is 0 Å². The number of hydrogen-bond acceptors (Lipinski definition) is 0. The van der Waals surface area contributed by atoms with Crippen LogP contribution in [0.1, 0.15) is 25.7 Å². The Morgan fingerprint density at radius 3 is 2.56 bits per heavy atom. The quantitative estimate of drug-likeness (QED) is 0.566. The van der Waals surface area contributed by atoms with E-state index in [9.17, 15) is 0 Å². The predicted molar refractivity (Wildman–Crippen MR) is 35.1 cm³/mol. The minimum atomic E-state index is 0. The van der Waals surface area contributed by atoms with Crippen LogP contribution in [0.25, 0.3) is 0 Å². The summed E-state index contributed by atoms with van der Waals surface area (Å²) in [7, 11) is 0. The van der Waals surface area contributed by atoms with Gasteiger partial charge in [0, 0.05) is 32.7 Å². The van der Waals surface area contributed by atoms with Gasteiger partial charge in [-0.1, -0.05) is 19.3 Å². The average molecular weight is 197 g/mol. The molecule has 0 aromatic heterocycles. The van der Waals surface area contributed by atoms with Crippen LogP contribution in [-0.4, -0.2) is 0 Å². The van der Waals surface area contributed by atoms with Gasteiger partial charge in [-0.3, -0.25) is 6.08 Å². The van der Waals surface area contributed by atoms with Gasteiger partial charge in [0.25, 0.3) is 0 Å². The second kappa shape index (κ2) is 5.62. The van der Waals surface area contributed by atoms with E-state index in [2.05, 4.69) is 6.42 Å². The Balaban J connectivity index is 0.000000640. The van der Waals surface area contributed by atoms with E-state index in [0.29, 0.717) is 5.92 Å². The van der Waals surface area contributed by atoms with E-state index in [-0.39, 0.29) is 32.7 Å². The molecule has 9 heavy (non-hydrogen) atoms. The molecule has 0 aromatic rings. The van der Waals surface area contributed by atoms with Crippen LogP contribution in [0.15, 0.2) is 6.08 Å². The largest absolute Gasteiger partial charge is 0.520 e. The monoisotopic (exact) mass is 197 g/mol. The van der Waals surface area contributed by atoms with Crippen molar-refractivity contribution < 1.29 is 32.7 Å². The third-order valence-electron chi connectivity index (χ3n) is 1.71. The van der Waals surface area contributed by atoms with E-state index in [1.165, 1.54) is 25.7 Å². The van der Waals surface area contributed by atoms with Gasteiger partial charge in [-0.05, 0) is 0 Å². The van der Waals surface area contributed by atoms with Crippen molar-refractivity contribution in [2.24, 2.45) is 5.92 Å². The first-order chi connectivity index (χ1) is 3.93. The maximum absolute atomic E-state index is 5.35. The van der Waals surface area contributed by atoms with Gasteiger partial charge in [0.2, 0.25) is 0 Å². The van der Waals surface area contributed by atoms with Crippen molar-refractivity contribution >= 4 is 0 Å². The van der Waals surface area contributed by atoms with Gasteiger partial charge in [0.15, 0.2) is 0 Å². The Morgan fingerprint density at radius 1 is 1.44 bits per heavy atom. The molecule has 0 spiro atoms. The third-order valence-corrected chi connectivity index (χ3v) is 1.71. The average Bonchev–Trinajstić information content (AvgIpc) is 1.90. The van der Waals surface area contributed by atoms with Crippen LogP contribution in [0.4, 0.5) is 0 Å². The number of hydrogen-bond donors (Lipinski definition) is 0. The molecule has 1 heteroatoms. The van der Waals surface area contributed by atoms with Crippen LogP contribution >= 0.6 is 0 Å². The predicted octanol–water partition coefficient (Wildman–Crippen LogP) is 2.37. The molecule has 1 saturated carbocycles. The van der Waals surface area contributed by atoms with Crippen molar-refractivity contribution in [1.82, 2.24) is 0 Å². The second-order valence-electron chi connectivity index (χ2n) is 2.38. The fourth-order valence-corrected chi connectivity index (χ4v) is 1.15. The van der Waals surface area contributed by atoms with Crippen LogP contribution in [0.5, 0.6) is 0 Å². The van der Waals surface area contributed by atoms with Gasteiger partial charge in [-0.25, -0.2) is 0 Å². The van der Waals surface area contributed by atoms with Crippen molar-refractivity contribution in [3.8, 4) is 0 Å². The van der Waals surface area contributed by atoms with Gasteiger partial charge in [0.1, 0.15) is 0 Å². The third kappa shape index (κ3) is 3.52. The molecule has 0 N–H and O–H groups in total. The molecule has 1 radical (unpaired) electrons. The first-order valence-corrected chi connectivity index (χ1v) is 3.32. The molecule has 0 saturated heterocycles. The molecule has 0 unspecified atom stereocenters. The van der Waals surface area contributed by atoms with Gasteiger partial charge < -0.3 is 13.0 Å². The Bertz CT molecular complexity index is 72.6. The first kappa shape index (κ1) is 9.84. The van der Waals surface area contributed by atoms with E-state index in [4.69, 9.17) is 6.58 Å². The fourth-order valence-electron chi connectivity index (χ4n) is 1.15. The zero-order chi connectivity index (χ0) is 5.82. The zero-order valence-corrected chi connectivity index (χ0v) is 8.55. The summed E-state index contributed by atoms with van der Waals surface area (Å²) in [6, 6.07) is 0. The zero-order valence-electron chi connectivity index (χ0n) is 5.72. The summed E-state index contributed by atoms with van der Waals surface area (Å²) < 4.78 is 0. The minimum absolute atomic E-state index is 0. The Labute approximate surface area is 83.0 Å². The molecule has 49 valence electrons. The Kier molecular flexibility index (Phi) is 6.14. The number of rotatable bonds is 1. The van der Waals surface area contributed by atoms with Crippen molar-refractivity contribution in [1.29, 1.82) is 0 Å². The molecule has 1 aliphatic rings. The summed E-state index contributed by atoms with van der Waals surface area (Å²) >= 11 is 0. The fraction of sp³-hybridized carbons (Fsp3) is 0.625. The Hall–Kier alpha value is 0.844. The Morgan fingerprint density at radius 2 is 2.22 bits per heavy atom. The van der Waals surface area contributed by atoms with E-state index in [1.807, 2.05) is 0 Å². The summed E-state index contributed by atoms with van der Waals surface area (Å²) in [5, 5.41) is 0. The van der Waals surface area contributed by atoms with Crippen molar-refractivity contribution in [2.45, 2.75) is 25.7 Å². The van der Waals surface area contributed by atoms with E-state index < -0.39 is 0 Å². The summed E-state index contributed by atoms with van der Waals surface area (Å²) in [5.41, 5.74) is 0. The van der Waals surface area contributed by atoms with Crippen LogP contribution in [0.3, 0.4) is 0 Å². The van der Waals surface area contributed by atoms with Gasteiger partial charge >= 0.3 is 0 Å². The standard InChI is InChI=1S/C8H12.Y/c1-2-8-6-4-3-5-7-8;/h1-2,6,8H,3-5,7H2;/q-2;/t8-;/m0./s1. The first-order valence-electron chi connectivity index (χ1n) is 3.32. The van der Waals surface area contributed by atoms with Crippen LogP contribution in [-0.2, 0) is 32.7 Å². The summed E-state index contributed by atoms with van der Waals surface area (Å²) in [6.45, 7) is 5.35. The van der Waals surface area contributed by atoms with Crippen LogP contribution in [0.2, 0.25) is 0 Å². The summed E-state index contributed by atoms with van der Waals surface area (Å²) in [5.74, 6) is 0.615. The molecular formula is C8H12Y-2. The molecule has 1 rings (SSSR count). The molecule has 1 atom stereocenters. The van der Waals surface area contributed by atoms with Crippen LogP contribution in [0, 0.1) is 18.9 Å². The minimum Gasteiger partial charge on any atom is -0.520 e. The molecule has 0 nitrogen and oxygen atoms in total. The van der Waals surface area contributed by atoms with Gasteiger partial charge in [-0.15, -0.1) is 0 Å². The smallest absolute Gasteiger partial charge is 0 e. The molecule has 0 bridgehead atoms. The molecule has 0 amide bonds. The maximum Gasteiger partial charge on any atom is 0 e. The van der Waals surface area contributed by atoms with E-state index in [1.54, 1.807) is 6.08 Å². The maximum atomic E-state index is 5.35. The molecule has 0 aromatic carbocycles. The topological polar surface area (TPSA) is 0 Å². The molecule has 1 aliphatic carbocycles. The van der Waals surface area contributed by atoms with E-state index >= 15 is 0 Å². The van der Waals surface area contributed by atoms with Crippen molar-refractivity contribution in [2.75, 3.05) is 0 Å². The van der Waals surface area contributed by atoms with Gasteiger partial charge in [0.05, 0.1) is 0 Å². The SMILES string of the molecule is [CH-]=C[C@H]1[CH-]CCCC1.[Y]. The summed E-state index contributed by atoms with van der Waals surface area (Å²) in [6.07, 6.45) is 9.37. The second-order valence-corrected chi connectivity index (χ2v) is 2.38. The molecule has 0 aliphatic heterocycles. The molecule has 1 fully saturated rings. The number of allylic oxidation sites excluding steroid dienone is 1. The van der Waals surface area contributed by atoms with Crippen molar-refractivity contribution in [3.05, 3.63) is 19.1 Å². The normalized spacial score (nSPS) is 26.4.